The Hall–Kier alpha value is -2.40. The molecule has 1 atom stereocenters. The number of hydrogen-bond donors (Lipinski definition) is 0. The fourth-order valence-corrected chi connectivity index (χ4v) is 2.53. The summed E-state index contributed by atoms with van der Waals surface area (Å²) < 4.78 is 0. The minimum atomic E-state index is -0.129. The fourth-order valence-electron chi connectivity index (χ4n) is 2.53. The van der Waals surface area contributed by atoms with E-state index in [0.29, 0.717) is 5.56 Å². The Bertz CT molecular complexity index is 667. The van der Waals surface area contributed by atoms with E-state index < -0.39 is 0 Å². The molecule has 2 aromatic carbocycles. The van der Waals surface area contributed by atoms with E-state index in [2.05, 4.69) is 6.07 Å². The smallest absolute Gasteiger partial charge is 0.170 e. The average molecular weight is 233 g/mol. The summed E-state index contributed by atoms with van der Waals surface area (Å²) in [6.07, 6.45) is 0.740. The van der Waals surface area contributed by atoms with Gasteiger partial charge in [-0.15, -0.1) is 0 Å². The van der Waals surface area contributed by atoms with Gasteiger partial charge in [0.05, 0.1) is 17.6 Å². The molecule has 1 aliphatic rings. The van der Waals surface area contributed by atoms with Crippen LogP contribution in [0.1, 0.15) is 33.0 Å². The molecule has 0 saturated carbocycles. The van der Waals surface area contributed by atoms with E-state index in [9.17, 15) is 4.79 Å². The molecule has 1 unspecified atom stereocenters. The van der Waals surface area contributed by atoms with Gasteiger partial charge in [0, 0.05) is 5.56 Å². The number of rotatable bonds is 1. The lowest BCUT2D eigenvalue weighted by Crippen LogP contribution is -2.06. The van der Waals surface area contributed by atoms with Gasteiger partial charge in [-0.05, 0) is 29.7 Å². The maximum atomic E-state index is 12.3. The molecule has 2 aromatic rings. The van der Waals surface area contributed by atoms with Gasteiger partial charge in [-0.2, -0.15) is 5.26 Å². The lowest BCUT2D eigenvalue weighted by Gasteiger charge is -2.08. The zero-order chi connectivity index (χ0) is 12.5. The Balaban J connectivity index is 2.02. The zero-order valence-electron chi connectivity index (χ0n) is 9.76. The van der Waals surface area contributed by atoms with Crippen LogP contribution in [0.3, 0.4) is 0 Å². The molecule has 0 saturated heterocycles. The number of fused-ring (bicyclic) bond motifs is 1. The van der Waals surface area contributed by atoms with Crippen molar-refractivity contribution in [2.24, 2.45) is 0 Å². The van der Waals surface area contributed by atoms with Gasteiger partial charge in [0.2, 0.25) is 0 Å². The summed E-state index contributed by atoms with van der Waals surface area (Å²) >= 11 is 0. The molecule has 0 amide bonds. The van der Waals surface area contributed by atoms with Crippen LogP contribution in [-0.2, 0) is 6.42 Å². The molecule has 2 nitrogen and oxygen atoms in total. The third-order valence-electron chi connectivity index (χ3n) is 3.44. The molecule has 0 bridgehead atoms. The van der Waals surface area contributed by atoms with Crippen LogP contribution in [0.2, 0.25) is 0 Å². The third-order valence-corrected chi connectivity index (χ3v) is 3.44. The van der Waals surface area contributed by atoms with E-state index in [1.807, 2.05) is 42.5 Å². The Morgan fingerprint density at radius 1 is 1.11 bits per heavy atom. The predicted molar refractivity (Wildman–Crippen MR) is 68.4 cm³/mol. The van der Waals surface area contributed by atoms with Crippen LogP contribution in [0.4, 0.5) is 0 Å². The van der Waals surface area contributed by atoms with Crippen molar-refractivity contribution in [1.82, 2.24) is 0 Å². The third kappa shape index (κ3) is 1.61. The standard InChI is InChI=1S/C16H11NO/c17-10-11-4-3-6-12(8-11)15-9-13-5-1-2-7-14(13)16(15)18/h1-8,15H,9H2. The van der Waals surface area contributed by atoms with E-state index in [1.54, 1.807) is 6.07 Å². The minimum Gasteiger partial charge on any atom is -0.293 e. The van der Waals surface area contributed by atoms with Crippen LogP contribution in [-0.4, -0.2) is 5.78 Å². The number of nitriles is 1. The highest BCUT2D eigenvalue weighted by Gasteiger charge is 2.31. The highest BCUT2D eigenvalue weighted by atomic mass is 16.1. The lowest BCUT2D eigenvalue weighted by molar-refractivity contribution is 0.0973. The molecule has 0 aromatic heterocycles. The second-order valence-electron chi connectivity index (χ2n) is 4.52. The number of benzene rings is 2. The molecule has 0 spiro atoms. The Kier molecular flexibility index (Phi) is 2.46. The van der Waals surface area contributed by atoms with E-state index in [4.69, 9.17) is 5.26 Å². The quantitative estimate of drug-likeness (QED) is 0.759. The SMILES string of the molecule is N#Cc1cccc(C2Cc3ccccc3C2=O)c1. The largest absolute Gasteiger partial charge is 0.293 e. The maximum Gasteiger partial charge on any atom is 0.170 e. The molecular formula is C16H11NO. The molecule has 1 aliphatic carbocycles. The Morgan fingerprint density at radius 3 is 2.72 bits per heavy atom. The van der Waals surface area contributed by atoms with E-state index >= 15 is 0 Å². The highest BCUT2D eigenvalue weighted by Crippen LogP contribution is 2.33. The average Bonchev–Trinajstić information content (AvgIpc) is 2.77. The lowest BCUT2D eigenvalue weighted by atomic mass is 9.94. The van der Waals surface area contributed by atoms with Crippen LogP contribution in [0.15, 0.2) is 48.5 Å². The molecular weight excluding hydrogens is 222 g/mol. The Labute approximate surface area is 105 Å². The molecule has 0 aliphatic heterocycles. The van der Waals surface area contributed by atoms with E-state index in [-0.39, 0.29) is 11.7 Å². The molecule has 0 N–H and O–H groups in total. The number of nitrogens with zero attached hydrogens (tertiary/aromatic N) is 1. The van der Waals surface area contributed by atoms with Crippen molar-refractivity contribution in [2.45, 2.75) is 12.3 Å². The van der Waals surface area contributed by atoms with E-state index in [1.165, 1.54) is 0 Å². The van der Waals surface area contributed by atoms with Crippen LogP contribution < -0.4 is 0 Å². The second kappa shape index (κ2) is 4.12. The normalized spacial score (nSPS) is 17.3. The molecule has 0 fully saturated rings. The van der Waals surface area contributed by atoms with Gasteiger partial charge in [-0.1, -0.05) is 36.4 Å². The van der Waals surface area contributed by atoms with Crippen molar-refractivity contribution in [3.05, 3.63) is 70.8 Å². The molecule has 0 radical (unpaired) electrons. The Morgan fingerprint density at radius 2 is 1.94 bits per heavy atom. The van der Waals surface area contributed by atoms with Gasteiger partial charge in [-0.3, -0.25) is 4.79 Å². The van der Waals surface area contributed by atoms with Crippen molar-refractivity contribution >= 4 is 5.78 Å². The van der Waals surface area contributed by atoms with Gasteiger partial charge >= 0.3 is 0 Å². The first-order valence-corrected chi connectivity index (χ1v) is 5.92. The van der Waals surface area contributed by atoms with Crippen LogP contribution in [0, 0.1) is 11.3 Å². The molecule has 86 valence electrons. The molecule has 2 heteroatoms. The summed E-state index contributed by atoms with van der Waals surface area (Å²) in [6, 6.07) is 17.2. The van der Waals surface area contributed by atoms with Crippen molar-refractivity contribution in [3.63, 3.8) is 0 Å². The van der Waals surface area contributed by atoms with Crippen LogP contribution in [0.5, 0.6) is 0 Å². The van der Waals surface area contributed by atoms with Crippen molar-refractivity contribution in [1.29, 1.82) is 5.26 Å². The summed E-state index contributed by atoms with van der Waals surface area (Å²) in [5.74, 6) is 0.0383. The topological polar surface area (TPSA) is 40.9 Å². The number of ketones is 1. The first-order valence-electron chi connectivity index (χ1n) is 5.92. The first kappa shape index (κ1) is 10.7. The minimum absolute atomic E-state index is 0.129. The van der Waals surface area contributed by atoms with Gasteiger partial charge in [0.1, 0.15) is 0 Å². The monoisotopic (exact) mass is 233 g/mol. The molecule has 0 heterocycles. The van der Waals surface area contributed by atoms with Gasteiger partial charge in [0.15, 0.2) is 5.78 Å². The number of carbonyl (C=O) groups excluding carboxylic acids is 1. The number of hydrogen-bond acceptors (Lipinski definition) is 2. The maximum absolute atomic E-state index is 12.3. The predicted octanol–water partition coefficient (Wildman–Crippen LogP) is 3.08. The van der Waals surface area contributed by atoms with E-state index in [0.717, 1.165) is 23.1 Å². The number of carbonyl (C=O) groups is 1. The fraction of sp³-hybridized carbons (Fsp3) is 0.125. The summed E-state index contributed by atoms with van der Waals surface area (Å²) in [6.45, 7) is 0. The van der Waals surface area contributed by atoms with Gasteiger partial charge in [0.25, 0.3) is 0 Å². The van der Waals surface area contributed by atoms with Gasteiger partial charge in [-0.25, -0.2) is 0 Å². The summed E-state index contributed by atoms with van der Waals surface area (Å²) in [5, 5.41) is 8.91. The van der Waals surface area contributed by atoms with Crippen LogP contribution in [0.25, 0.3) is 0 Å². The number of Topliss-reactive ketones (excluding diaryl/α,β-unsaturated/α-hetero) is 1. The summed E-state index contributed by atoms with van der Waals surface area (Å²) in [4.78, 5) is 12.3. The molecule has 3 rings (SSSR count). The van der Waals surface area contributed by atoms with Crippen LogP contribution >= 0.6 is 0 Å². The zero-order valence-corrected chi connectivity index (χ0v) is 9.76. The summed E-state index contributed by atoms with van der Waals surface area (Å²) in [5.41, 5.74) is 3.48. The van der Waals surface area contributed by atoms with Gasteiger partial charge < -0.3 is 0 Å². The van der Waals surface area contributed by atoms with Crippen molar-refractivity contribution in [3.8, 4) is 6.07 Å². The summed E-state index contributed by atoms with van der Waals surface area (Å²) in [7, 11) is 0. The van der Waals surface area contributed by atoms with Crippen molar-refractivity contribution in [2.75, 3.05) is 0 Å². The second-order valence-corrected chi connectivity index (χ2v) is 4.52. The first-order chi connectivity index (χ1) is 8.79. The highest BCUT2D eigenvalue weighted by molar-refractivity contribution is 6.05. The van der Waals surface area contributed by atoms with Crippen molar-refractivity contribution < 1.29 is 4.79 Å². The molecule has 18 heavy (non-hydrogen) atoms.